The molecule has 30 heavy (non-hydrogen) atoms. The third-order valence-electron chi connectivity index (χ3n) is 4.20. The quantitative estimate of drug-likeness (QED) is 0.465. The van der Waals surface area contributed by atoms with Gasteiger partial charge in [-0.3, -0.25) is 20.1 Å². The summed E-state index contributed by atoms with van der Waals surface area (Å²) in [6.07, 6.45) is 1.80. The fourth-order valence-electron chi connectivity index (χ4n) is 2.75. The van der Waals surface area contributed by atoms with Crippen LogP contribution in [-0.2, 0) is 6.18 Å². The molecule has 0 bridgehead atoms. The Morgan fingerprint density at radius 1 is 0.900 bits per heavy atom. The van der Waals surface area contributed by atoms with Crippen molar-refractivity contribution in [3.8, 4) is 21.7 Å². The first-order valence-electron chi connectivity index (χ1n) is 8.72. The van der Waals surface area contributed by atoms with Gasteiger partial charge >= 0.3 is 6.18 Å². The van der Waals surface area contributed by atoms with E-state index in [9.17, 15) is 18.0 Å². The van der Waals surface area contributed by atoms with Gasteiger partial charge in [0.25, 0.3) is 5.91 Å². The van der Waals surface area contributed by atoms with E-state index in [0.717, 1.165) is 17.7 Å². The maximum Gasteiger partial charge on any atom is 0.416 e. The number of rotatable bonds is 4. The van der Waals surface area contributed by atoms with Crippen molar-refractivity contribution in [3.05, 3.63) is 84.4 Å². The number of thiazole rings is 1. The van der Waals surface area contributed by atoms with Crippen LogP contribution in [0.2, 0.25) is 0 Å². The third kappa shape index (κ3) is 4.20. The topological polar surface area (TPSA) is 67.8 Å². The molecule has 0 aliphatic carbocycles. The van der Waals surface area contributed by atoms with Crippen LogP contribution < -0.4 is 5.32 Å². The zero-order valence-corrected chi connectivity index (χ0v) is 16.0. The summed E-state index contributed by atoms with van der Waals surface area (Å²) in [5.41, 5.74) is 1.40. The zero-order valence-electron chi connectivity index (χ0n) is 15.2. The summed E-state index contributed by atoms with van der Waals surface area (Å²) < 4.78 is 38.7. The van der Waals surface area contributed by atoms with E-state index in [0.29, 0.717) is 26.8 Å². The van der Waals surface area contributed by atoms with Crippen molar-refractivity contribution in [1.82, 2.24) is 15.0 Å². The lowest BCUT2D eigenvalue weighted by Crippen LogP contribution is -2.11. The third-order valence-corrected chi connectivity index (χ3v) is 5.22. The number of nitrogens with zero attached hydrogens (tertiary/aromatic N) is 3. The predicted octanol–water partition coefficient (Wildman–Crippen LogP) is 5.54. The van der Waals surface area contributed by atoms with E-state index in [1.807, 2.05) is 0 Å². The lowest BCUT2D eigenvalue weighted by Gasteiger charge is -2.07. The van der Waals surface area contributed by atoms with E-state index >= 15 is 0 Å². The van der Waals surface area contributed by atoms with E-state index < -0.39 is 11.7 Å². The summed E-state index contributed by atoms with van der Waals surface area (Å²) in [5.74, 6) is -0.378. The molecule has 0 unspecified atom stereocenters. The number of nitrogens with one attached hydrogen (secondary N) is 1. The minimum atomic E-state index is -4.42. The number of carbonyl (C=O) groups excluding carboxylic acids is 1. The van der Waals surface area contributed by atoms with Crippen molar-refractivity contribution in [3.63, 3.8) is 0 Å². The highest BCUT2D eigenvalue weighted by Crippen LogP contribution is 2.40. The molecule has 0 atom stereocenters. The van der Waals surface area contributed by atoms with Crippen LogP contribution in [0.1, 0.15) is 15.9 Å². The largest absolute Gasteiger partial charge is 0.416 e. The molecule has 5 nitrogen and oxygen atoms in total. The van der Waals surface area contributed by atoms with Gasteiger partial charge in [0, 0.05) is 30.4 Å². The molecule has 0 saturated heterocycles. The number of benzene rings is 1. The number of carbonyl (C=O) groups is 1. The Morgan fingerprint density at radius 2 is 1.63 bits per heavy atom. The Morgan fingerprint density at radius 3 is 2.27 bits per heavy atom. The number of hydrogen-bond acceptors (Lipinski definition) is 5. The monoisotopic (exact) mass is 426 g/mol. The average molecular weight is 426 g/mol. The van der Waals surface area contributed by atoms with Crippen LogP contribution in [0.5, 0.6) is 0 Å². The Labute approximate surface area is 173 Å². The summed E-state index contributed by atoms with van der Waals surface area (Å²) in [5, 5.41) is 3.05. The molecule has 0 aliphatic rings. The van der Waals surface area contributed by atoms with E-state index in [2.05, 4.69) is 20.3 Å². The van der Waals surface area contributed by atoms with Crippen LogP contribution in [-0.4, -0.2) is 20.9 Å². The normalized spacial score (nSPS) is 11.3. The average Bonchev–Trinajstić information content (AvgIpc) is 3.18. The number of halogens is 3. The first-order chi connectivity index (χ1) is 14.4. The fourth-order valence-corrected chi connectivity index (χ4v) is 3.74. The molecule has 9 heteroatoms. The molecule has 150 valence electrons. The van der Waals surface area contributed by atoms with Crippen molar-refractivity contribution in [1.29, 1.82) is 0 Å². The number of anilines is 1. The zero-order chi connectivity index (χ0) is 21.1. The Kier molecular flexibility index (Phi) is 5.28. The second-order valence-corrected chi connectivity index (χ2v) is 7.20. The van der Waals surface area contributed by atoms with E-state index in [4.69, 9.17) is 0 Å². The number of alkyl halides is 3. The summed E-state index contributed by atoms with van der Waals surface area (Å²) in [4.78, 5) is 25.5. The number of hydrogen-bond donors (Lipinski definition) is 1. The summed E-state index contributed by atoms with van der Waals surface area (Å²) >= 11 is 1.23. The second kappa shape index (κ2) is 8.03. The molecule has 3 heterocycles. The van der Waals surface area contributed by atoms with Gasteiger partial charge < -0.3 is 0 Å². The van der Waals surface area contributed by atoms with Gasteiger partial charge in [0.15, 0.2) is 5.13 Å². The maximum absolute atomic E-state index is 12.9. The fraction of sp³-hybridized carbons (Fsp3) is 0.0476. The van der Waals surface area contributed by atoms with Crippen LogP contribution in [0.4, 0.5) is 18.3 Å². The van der Waals surface area contributed by atoms with Crippen LogP contribution in [0, 0.1) is 0 Å². The molecule has 1 aromatic carbocycles. The molecular formula is C21H13F3N4OS. The Hall–Kier alpha value is -3.59. The Bertz CT molecular complexity index is 1160. The van der Waals surface area contributed by atoms with Gasteiger partial charge in [-0.05, 0) is 42.0 Å². The second-order valence-electron chi connectivity index (χ2n) is 6.20. The van der Waals surface area contributed by atoms with Crippen LogP contribution in [0.25, 0.3) is 21.7 Å². The molecule has 4 rings (SSSR count). The number of pyridine rings is 2. The minimum absolute atomic E-state index is 0.325. The first-order valence-corrected chi connectivity index (χ1v) is 9.54. The predicted molar refractivity (Wildman–Crippen MR) is 108 cm³/mol. The van der Waals surface area contributed by atoms with Crippen molar-refractivity contribution in [2.45, 2.75) is 6.18 Å². The lowest BCUT2D eigenvalue weighted by molar-refractivity contribution is -0.137. The number of amides is 1. The van der Waals surface area contributed by atoms with E-state index in [1.165, 1.54) is 29.7 Å². The first kappa shape index (κ1) is 19.7. The molecule has 0 radical (unpaired) electrons. The van der Waals surface area contributed by atoms with Gasteiger partial charge in [-0.15, -0.1) is 0 Å². The van der Waals surface area contributed by atoms with Crippen molar-refractivity contribution < 1.29 is 18.0 Å². The molecule has 0 saturated carbocycles. The van der Waals surface area contributed by atoms with Gasteiger partial charge in [-0.1, -0.05) is 23.5 Å². The van der Waals surface area contributed by atoms with Gasteiger partial charge in [-0.25, -0.2) is 4.98 Å². The Balaban J connectivity index is 1.72. The maximum atomic E-state index is 12.9. The summed E-state index contributed by atoms with van der Waals surface area (Å²) in [7, 11) is 0. The highest BCUT2D eigenvalue weighted by atomic mass is 32.1. The van der Waals surface area contributed by atoms with Crippen LogP contribution >= 0.6 is 11.3 Å². The molecular weight excluding hydrogens is 413 g/mol. The van der Waals surface area contributed by atoms with Crippen molar-refractivity contribution in [2.24, 2.45) is 0 Å². The molecule has 1 amide bonds. The SMILES string of the molecule is O=C(Nc1nc(-c2ccc(C(F)(F)F)cc2)c(-c2ccncc2)s1)c1cccnc1. The highest BCUT2D eigenvalue weighted by Gasteiger charge is 2.30. The summed E-state index contributed by atoms with van der Waals surface area (Å²) in [6, 6.07) is 11.6. The van der Waals surface area contributed by atoms with Crippen LogP contribution in [0.15, 0.2) is 73.3 Å². The molecule has 0 spiro atoms. The van der Waals surface area contributed by atoms with Gasteiger partial charge in [-0.2, -0.15) is 13.2 Å². The molecule has 3 aromatic heterocycles. The lowest BCUT2D eigenvalue weighted by atomic mass is 10.1. The van der Waals surface area contributed by atoms with Crippen molar-refractivity contribution >= 4 is 22.4 Å². The molecule has 4 aromatic rings. The molecule has 0 fully saturated rings. The van der Waals surface area contributed by atoms with Gasteiger partial charge in [0.05, 0.1) is 21.7 Å². The summed E-state index contributed by atoms with van der Waals surface area (Å²) in [6.45, 7) is 0. The number of aromatic nitrogens is 3. The standard InChI is InChI=1S/C21H13F3N4OS/c22-21(23,24)16-5-3-13(4-6-16)17-18(14-7-10-25-11-8-14)30-20(27-17)28-19(29)15-2-1-9-26-12-15/h1-12H,(H,27,28,29). The minimum Gasteiger partial charge on any atom is -0.298 e. The van der Waals surface area contributed by atoms with Crippen molar-refractivity contribution in [2.75, 3.05) is 5.32 Å². The van der Waals surface area contributed by atoms with Gasteiger partial charge in [0.1, 0.15) is 0 Å². The molecule has 1 N–H and O–H groups in total. The highest BCUT2D eigenvalue weighted by molar-refractivity contribution is 7.19. The smallest absolute Gasteiger partial charge is 0.298 e. The van der Waals surface area contributed by atoms with E-state index in [-0.39, 0.29) is 5.91 Å². The van der Waals surface area contributed by atoms with Gasteiger partial charge in [0.2, 0.25) is 0 Å². The van der Waals surface area contributed by atoms with Crippen LogP contribution in [0.3, 0.4) is 0 Å². The van der Waals surface area contributed by atoms with E-state index in [1.54, 1.807) is 42.9 Å². The molecule has 0 aliphatic heterocycles.